The maximum Gasteiger partial charge on any atom is 0.414 e. The van der Waals surface area contributed by atoms with E-state index in [1.807, 2.05) is 32.9 Å². The lowest BCUT2D eigenvalue weighted by molar-refractivity contribution is 0.0241. The topological polar surface area (TPSA) is 68.3 Å². The molecule has 0 unspecified atom stereocenters. The molecule has 25 heavy (non-hydrogen) atoms. The second-order valence-electron chi connectivity index (χ2n) is 7.25. The highest BCUT2D eigenvalue weighted by Gasteiger charge is 2.31. The standard InChI is InChI=1S/C18H24N2O5/c1-18(2,3)25-16(21)19-10-12-8-14(15(23-4)9-13(12)11-19)20-6-5-7-24-17(20)22/h8-9H,5-7,10-11H2,1-4H3. The first-order valence-corrected chi connectivity index (χ1v) is 8.40. The highest BCUT2D eigenvalue weighted by atomic mass is 16.6. The number of methoxy groups -OCH3 is 1. The maximum atomic E-state index is 12.3. The van der Waals surface area contributed by atoms with E-state index >= 15 is 0 Å². The average molecular weight is 348 g/mol. The van der Waals surface area contributed by atoms with Gasteiger partial charge in [-0.15, -0.1) is 0 Å². The quantitative estimate of drug-likeness (QED) is 0.820. The van der Waals surface area contributed by atoms with E-state index < -0.39 is 5.60 Å². The smallest absolute Gasteiger partial charge is 0.414 e. The Morgan fingerprint density at radius 1 is 1.20 bits per heavy atom. The second kappa shape index (κ2) is 6.46. The molecule has 2 aliphatic heterocycles. The maximum absolute atomic E-state index is 12.3. The fraction of sp³-hybridized carbons (Fsp3) is 0.556. The molecular formula is C18H24N2O5. The number of amides is 2. The van der Waals surface area contributed by atoms with Gasteiger partial charge in [-0.2, -0.15) is 0 Å². The number of anilines is 1. The van der Waals surface area contributed by atoms with Crippen LogP contribution < -0.4 is 9.64 Å². The summed E-state index contributed by atoms with van der Waals surface area (Å²) in [7, 11) is 1.57. The molecule has 7 nitrogen and oxygen atoms in total. The van der Waals surface area contributed by atoms with Crippen LogP contribution in [0.2, 0.25) is 0 Å². The van der Waals surface area contributed by atoms with E-state index in [1.54, 1.807) is 16.9 Å². The Labute approximate surface area is 147 Å². The molecule has 1 aromatic rings. The number of hydrogen-bond acceptors (Lipinski definition) is 5. The summed E-state index contributed by atoms with van der Waals surface area (Å²) in [6.45, 7) is 7.47. The van der Waals surface area contributed by atoms with Gasteiger partial charge in [-0.05, 0) is 50.5 Å². The summed E-state index contributed by atoms with van der Waals surface area (Å²) in [5.74, 6) is 0.601. The molecular weight excluding hydrogens is 324 g/mol. The molecule has 0 saturated carbocycles. The normalized spacial score (nSPS) is 17.2. The number of carbonyl (C=O) groups is 2. The van der Waals surface area contributed by atoms with E-state index in [-0.39, 0.29) is 12.2 Å². The Kier molecular flexibility index (Phi) is 4.49. The zero-order valence-electron chi connectivity index (χ0n) is 15.1. The lowest BCUT2D eigenvalue weighted by Crippen LogP contribution is -2.38. The van der Waals surface area contributed by atoms with Gasteiger partial charge < -0.3 is 14.2 Å². The average Bonchev–Trinajstić information content (AvgIpc) is 2.95. The number of nitrogens with zero attached hydrogens (tertiary/aromatic N) is 2. The summed E-state index contributed by atoms with van der Waals surface area (Å²) < 4.78 is 16.0. The predicted octanol–water partition coefficient (Wildman–Crippen LogP) is 3.29. The first-order chi connectivity index (χ1) is 11.8. The van der Waals surface area contributed by atoms with Crippen LogP contribution >= 0.6 is 0 Å². The van der Waals surface area contributed by atoms with E-state index in [0.29, 0.717) is 37.7 Å². The Morgan fingerprint density at radius 3 is 2.48 bits per heavy atom. The monoisotopic (exact) mass is 348 g/mol. The molecule has 3 rings (SSSR count). The van der Waals surface area contributed by atoms with Gasteiger partial charge in [-0.25, -0.2) is 9.59 Å². The van der Waals surface area contributed by atoms with Crippen molar-refractivity contribution in [3.63, 3.8) is 0 Å². The number of ether oxygens (including phenoxy) is 3. The third-order valence-electron chi connectivity index (χ3n) is 4.14. The van der Waals surface area contributed by atoms with Gasteiger partial charge in [0.15, 0.2) is 0 Å². The van der Waals surface area contributed by atoms with Crippen molar-refractivity contribution >= 4 is 17.9 Å². The van der Waals surface area contributed by atoms with Crippen LogP contribution in [0.15, 0.2) is 12.1 Å². The second-order valence-corrected chi connectivity index (χ2v) is 7.25. The van der Waals surface area contributed by atoms with Crippen molar-refractivity contribution in [1.82, 2.24) is 4.90 Å². The zero-order chi connectivity index (χ0) is 18.2. The van der Waals surface area contributed by atoms with E-state index in [1.165, 1.54) is 0 Å². The largest absolute Gasteiger partial charge is 0.495 e. The third kappa shape index (κ3) is 3.65. The minimum absolute atomic E-state index is 0.346. The van der Waals surface area contributed by atoms with Crippen LogP contribution in [0.5, 0.6) is 5.75 Å². The minimum Gasteiger partial charge on any atom is -0.495 e. The molecule has 2 amide bonds. The summed E-state index contributed by atoms with van der Waals surface area (Å²) in [4.78, 5) is 27.6. The summed E-state index contributed by atoms with van der Waals surface area (Å²) in [6, 6.07) is 3.79. The van der Waals surface area contributed by atoms with E-state index in [2.05, 4.69) is 0 Å². The van der Waals surface area contributed by atoms with Crippen molar-refractivity contribution in [2.75, 3.05) is 25.2 Å². The first-order valence-electron chi connectivity index (χ1n) is 8.40. The predicted molar refractivity (Wildman–Crippen MR) is 91.8 cm³/mol. The summed E-state index contributed by atoms with van der Waals surface area (Å²) in [5, 5.41) is 0. The summed E-state index contributed by atoms with van der Waals surface area (Å²) in [5.41, 5.74) is 2.13. The van der Waals surface area contributed by atoms with Gasteiger partial charge in [0.1, 0.15) is 11.4 Å². The van der Waals surface area contributed by atoms with Crippen molar-refractivity contribution in [3.05, 3.63) is 23.3 Å². The Morgan fingerprint density at radius 2 is 1.88 bits per heavy atom. The molecule has 0 bridgehead atoms. The molecule has 7 heteroatoms. The summed E-state index contributed by atoms with van der Waals surface area (Å²) >= 11 is 0. The van der Waals surface area contributed by atoms with Gasteiger partial charge in [0, 0.05) is 19.6 Å². The van der Waals surface area contributed by atoms with Crippen LogP contribution in [-0.4, -0.2) is 42.9 Å². The van der Waals surface area contributed by atoms with Crippen LogP contribution in [0.25, 0.3) is 0 Å². The van der Waals surface area contributed by atoms with Crippen LogP contribution in [0, 0.1) is 0 Å². The Balaban J connectivity index is 1.84. The fourth-order valence-electron chi connectivity index (χ4n) is 3.02. The number of benzene rings is 1. The molecule has 2 aliphatic rings. The zero-order valence-corrected chi connectivity index (χ0v) is 15.1. The van der Waals surface area contributed by atoms with Crippen LogP contribution in [0.3, 0.4) is 0 Å². The molecule has 1 saturated heterocycles. The van der Waals surface area contributed by atoms with E-state index in [0.717, 1.165) is 17.5 Å². The van der Waals surface area contributed by atoms with Crippen molar-refractivity contribution in [2.45, 2.75) is 45.9 Å². The number of rotatable bonds is 2. The van der Waals surface area contributed by atoms with Gasteiger partial charge in [-0.1, -0.05) is 0 Å². The van der Waals surface area contributed by atoms with Gasteiger partial charge in [0.2, 0.25) is 0 Å². The number of cyclic esters (lactones) is 1. The van der Waals surface area contributed by atoms with Gasteiger partial charge >= 0.3 is 12.2 Å². The van der Waals surface area contributed by atoms with Gasteiger partial charge in [0.25, 0.3) is 0 Å². The lowest BCUT2D eigenvalue weighted by Gasteiger charge is -2.28. The van der Waals surface area contributed by atoms with E-state index in [9.17, 15) is 9.59 Å². The van der Waals surface area contributed by atoms with Crippen molar-refractivity contribution in [3.8, 4) is 5.75 Å². The first kappa shape index (κ1) is 17.4. The van der Waals surface area contributed by atoms with E-state index in [4.69, 9.17) is 14.2 Å². The van der Waals surface area contributed by atoms with Crippen LogP contribution in [0.1, 0.15) is 38.3 Å². The Bertz CT molecular complexity index is 695. The molecule has 1 aromatic carbocycles. The highest BCUT2D eigenvalue weighted by Crippen LogP contribution is 2.37. The molecule has 0 atom stereocenters. The molecule has 0 radical (unpaired) electrons. The SMILES string of the molecule is COc1cc2c(cc1N1CCCOC1=O)CN(C(=O)OC(C)(C)C)C2. The number of hydrogen-bond donors (Lipinski definition) is 0. The Hall–Kier alpha value is -2.44. The third-order valence-corrected chi connectivity index (χ3v) is 4.14. The summed E-state index contributed by atoms with van der Waals surface area (Å²) in [6.07, 6.45) is 0.0591. The van der Waals surface area contributed by atoms with Gasteiger partial charge in [0.05, 0.1) is 19.4 Å². The molecule has 0 aliphatic carbocycles. The van der Waals surface area contributed by atoms with Crippen LogP contribution in [-0.2, 0) is 22.6 Å². The van der Waals surface area contributed by atoms with Crippen molar-refractivity contribution < 1.29 is 23.8 Å². The molecule has 0 spiro atoms. The molecule has 136 valence electrons. The molecule has 0 aromatic heterocycles. The molecule has 2 heterocycles. The fourth-order valence-corrected chi connectivity index (χ4v) is 3.02. The molecule has 0 N–H and O–H groups in total. The lowest BCUT2D eigenvalue weighted by atomic mass is 10.1. The van der Waals surface area contributed by atoms with Crippen molar-refractivity contribution in [1.29, 1.82) is 0 Å². The number of carbonyl (C=O) groups excluding carboxylic acids is 2. The van der Waals surface area contributed by atoms with Crippen LogP contribution in [0.4, 0.5) is 15.3 Å². The highest BCUT2D eigenvalue weighted by molar-refractivity contribution is 5.90. The molecule has 1 fully saturated rings. The number of fused-ring (bicyclic) bond motifs is 1. The van der Waals surface area contributed by atoms with Crippen molar-refractivity contribution in [2.24, 2.45) is 0 Å². The minimum atomic E-state index is -0.535. The van der Waals surface area contributed by atoms with Gasteiger partial charge in [-0.3, -0.25) is 9.80 Å².